The average molecular weight is 458 g/mol. The van der Waals surface area contributed by atoms with Gasteiger partial charge in [0.05, 0.1) is 17.7 Å². The molecule has 0 aromatic heterocycles. The van der Waals surface area contributed by atoms with E-state index in [9.17, 15) is 21.6 Å². The first kappa shape index (κ1) is 22.1. The van der Waals surface area contributed by atoms with Crippen LogP contribution in [0.4, 0.5) is 13.2 Å². The number of nitrogens with one attached hydrogen (secondary N) is 4. The summed E-state index contributed by atoms with van der Waals surface area (Å²) in [6.07, 6.45) is -5.30. The number of benzene rings is 2. The number of hydrogen-bond acceptors (Lipinski definition) is 8. The Morgan fingerprint density at radius 2 is 1.71 bits per heavy atom. The van der Waals surface area contributed by atoms with Gasteiger partial charge in [-0.2, -0.15) is 24.2 Å². The summed E-state index contributed by atoms with van der Waals surface area (Å²) >= 11 is 0. The number of primary sulfonamides is 1. The number of alkyl halides is 3. The van der Waals surface area contributed by atoms with Gasteiger partial charge in [0.15, 0.2) is 0 Å². The first-order valence-electron chi connectivity index (χ1n) is 9.26. The lowest BCUT2D eigenvalue weighted by Crippen LogP contribution is -2.36. The highest BCUT2D eigenvalue weighted by Crippen LogP contribution is 2.41. The van der Waals surface area contributed by atoms with Crippen LogP contribution in [0.15, 0.2) is 41.3 Å². The molecule has 2 fully saturated rings. The van der Waals surface area contributed by atoms with Gasteiger partial charge >= 0.3 is 6.18 Å². The Labute approximate surface area is 176 Å². The Bertz CT molecular complexity index is 1080. The standard InChI is InChI=1S/C18H21F3N6O3S/c19-18(20,21)13-6-5-12(14(15(13)31(23,28)29)16-24-26-27-25-16)10-1-3-11(4-2-10)17(22)7-8-30-9-17/h1-6,16,24-27H,7-9,22H2,(H2,23,28,29). The summed E-state index contributed by atoms with van der Waals surface area (Å²) in [7, 11) is -4.74. The minimum Gasteiger partial charge on any atom is -0.379 e. The molecule has 2 aliphatic rings. The van der Waals surface area contributed by atoms with Gasteiger partial charge in [-0.05, 0) is 29.2 Å². The van der Waals surface area contributed by atoms with E-state index in [0.29, 0.717) is 25.2 Å². The lowest BCUT2D eigenvalue weighted by molar-refractivity contribution is -0.140. The van der Waals surface area contributed by atoms with Gasteiger partial charge in [0.1, 0.15) is 11.1 Å². The highest BCUT2D eigenvalue weighted by atomic mass is 32.2. The predicted molar refractivity (Wildman–Crippen MR) is 105 cm³/mol. The van der Waals surface area contributed by atoms with Crippen LogP contribution >= 0.6 is 0 Å². The number of hydrogen-bond donors (Lipinski definition) is 6. The summed E-state index contributed by atoms with van der Waals surface area (Å²) in [4.78, 5) is -1.00. The van der Waals surface area contributed by atoms with E-state index in [4.69, 9.17) is 15.6 Å². The fraction of sp³-hybridized carbons (Fsp3) is 0.333. The van der Waals surface area contributed by atoms with Crippen LogP contribution in [-0.4, -0.2) is 21.6 Å². The highest BCUT2D eigenvalue weighted by Gasteiger charge is 2.41. The van der Waals surface area contributed by atoms with E-state index in [2.05, 4.69) is 21.9 Å². The first-order valence-corrected chi connectivity index (χ1v) is 10.8. The number of rotatable bonds is 4. The fourth-order valence-corrected chi connectivity index (χ4v) is 4.88. The van der Waals surface area contributed by atoms with Gasteiger partial charge in [-0.25, -0.2) is 24.4 Å². The second-order valence-electron chi connectivity index (χ2n) is 7.45. The molecule has 0 amide bonds. The van der Waals surface area contributed by atoms with Crippen molar-refractivity contribution >= 4 is 10.0 Å². The Kier molecular flexibility index (Phi) is 5.56. The molecule has 1 atom stereocenters. The van der Waals surface area contributed by atoms with Gasteiger partial charge < -0.3 is 10.5 Å². The first-order chi connectivity index (χ1) is 14.5. The van der Waals surface area contributed by atoms with Gasteiger partial charge in [0.2, 0.25) is 10.0 Å². The van der Waals surface area contributed by atoms with Crippen molar-refractivity contribution in [2.75, 3.05) is 13.2 Å². The Hall–Kier alpha value is -2.10. The molecule has 2 saturated heterocycles. The van der Waals surface area contributed by atoms with E-state index in [1.165, 1.54) is 6.07 Å². The van der Waals surface area contributed by atoms with Crippen molar-refractivity contribution < 1.29 is 26.3 Å². The van der Waals surface area contributed by atoms with Crippen LogP contribution in [0.25, 0.3) is 11.1 Å². The summed E-state index contributed by atoms with van der Waals surface area (Å²) in [6.45, 7) is 0.902. The highest BCUT2D eigenvalue weighted by molar-refractivity contribution is 7.89. The average Bonchev–Trinajstić information content (AvgIpc) is 3.38. The topological polar surface area (TPSA) is 144 Å². The summed E-state index contributed by atoms with van der Waals surface area (Å²) in [5, 5.41) is 5.24. The number of nitrogens with two attached hydrogens (primary N) is 2. The fourth-order valence-electron chi connectivity index (χ4n) is 3.85. The Morgan fingerprint density at radius 1 is 1.06 bits per heavy atom. The normalized spacial score (nSPS) is 22.9. The molecule has 4 rings (SSSR count). The van der Waals surface area contributed by atoms with E-state index in [1.807, 2.05) is 0 Å². The molecule has 9 nitrogen and oxygen atoms in total. The van der Waals surface area contributed by atoms with E-state index >= 15 is 0 Å². The number of sulfonamides is 1. The van der Waals surface area contributed by atoms with Crippen LogP contribution in [-0.2, 0) is 26.5 Å². The number of ether oxygens (including phenoxy) is 1. The van der Waals surface area contributed by atoms with E-state index in [0.717, 1.165) is 11.6 Å². The van der Waals surface area contributed by atoms with Crippen molar-refractivity contribution in [3.05, 3.63) is 53.1 Å². The molecule has 0 bridgehead atoms. The van der Waals surface area contributed by atoms with Crippen molar-refractivity contribution in [3.63, 3.8) is 0 Å². The van der Waals surface area contributed by atoms with Gasteiger partial charge in [0, 0.05) is 12.2 Å². The summed E-state index contributed by atoms with van der Waals surface area (Å²) < 4.78 is 70.8. The lowest BCUT2D eigenvalue weighted by atomic mass is 9.88. The summed E-state index contributed by atoms with van der Waals surface area (Å²) in [6, 6.07) is 8.81. The third-order valence-corrected chi connectivity index (χ3v) is 6.40. The molecule has 168 valence electrons. The third-order valence-electron chi connectivity index (χ3n) is 5.39. The van der Waals surface area contributed by atoms with E-state index in [1.54, 1.807) is 24.3 Å². The second-order valence-corrected chi connectivity index (χ2v) is 8.95. The van der Waals surface area contributed by atoms with Crippen LogP contribution in [0.5, 0.6) is 0 Å². The maximum absolute atomic E-state index is 13.6. The van der Waals surface area contributed by atoms with Crippen LogP contribution in [0.2, 0.25) is 0 Å². The summed E-state index contributed by atoms with van der Waals surface area (Å²) in [5.41, 5.74) is 16.0. The molecule has 2 heterocycles. The molecule has 0 spiro atoms. The lowest BCUT2D eigenvalue weighted by Gasteiger charge is -2.24. The van der Waals surface area contributed by atoms with Gasteiger partial charge in [-0.3, -0.25) is 0 Å². The zero-order valence-corrected chi connectivity index (χ0v) is 16.9. The van der Waals surface area contributed by atoms with Crippen molar-refractivity contribution in [2.45, 2.75) is 29.2 Å². The molecule has 31 heavy (non-hydrogen) atoms. The zero-order chi connectivity index (χ0) is 22.4. The summed E-state index contributed by atoms with van der Waals surface area (Å²) in [5.74, 6) is 0. The van der Waals surface area contributed by atoms with E-state index < -0.39 is 38.4 Å². The second kappa shape index (κ2) is 7.79. The Morgan fingerprint density at radius 3 is 2.23 bits per heavy atom. The van der Waals surface area contributed by atoms with Crippen molar-refractivity contribution in [1.29, 1.82) is 0 Å². The van der Waals surface area contributed by atoms with Gasteiger partial charge in [0.25, 0.3) is 0 Å². The SMILES string of the molecule is NC1(c2ccc(-c3ccc(C(F)(F)F)c(S(N)(=O)=O)c3C3NNNN3)cc2)CCOC1. The Balaban J connectivity index is 1.90. The third kappa shape index (κ3) is 4.18. The number of hydrazine groups is 3. The molecule has 0 saturated carbocycles. The van der Waals surface area contributed by atoms with Crippen LogP contribution in [0.3, 0.4) is 0 Å². The molecule has 8 N–H and O–H groups in total. The maximum atomic E-state index is 13.6. The molecule has 1 unspecified atom stereocenters. The molecule has 0 radical (unpaired) electrons. The monoisotopic (exact) mass is 458 g/mol. The maximum Gasteiger partial charge on any atom is 0.417 e. The van der Waals surface area contributed by atoms with E-state index in [-0.39, 0.29) is 11.1 Å². The largest absolute Gasteiger partial charge is 0.417 e. The molecular weight excluding hydrogens is 437 g/mol. The minimum absolute atomic E-state index is 0.172. The quantitative estimate of drug-likeness (QED) is 0.393. The zero-order valence-electron chi connectivity index (χ0n) is 16.1. The molecule has 2 aromatic rings. The smallest absolute Gasteiger partial charge is 0.379 e. The van der Waals surface area contributed by atoms with Crippen LogP contribution in [0.1, 0.15) is 29.3 Å². The molecule has 13 heteroatoms. The van der Waals surface area contributed by atoms with Crippen molar-refractivity contribution in [1.82, 2.24) is 21.9 Å². The van der Waals surface area contributed by atoms with Gasteiger partial charge in [-0.15, -0.1) is 0 Å². The van der Waals surface area contributed by atoms with Crippen LogP contribution < -0.4 is 32.8 Å². The van der Waals surface area contributed by atoms with Crippen molar-refractivity contribution in [2.24, 2.45) is 10.9 Å². The molecule has 2 aliphatic heterocycles. The minimum atomic E-state index is -4.92. The molecule has 2 aromatic carbocycles. The van der Waals surface area contributed by atoms with Crippen molar-refractivity contribution in [3.8, 4) is 11.1 Å². The molecule has 0 aliphatic carbocycles. The predicted octanol–water partition coefficient (Wildman–Crippen LogP) is 0.710. The van der Waals surface area contributed by atoms with Crippen LogP contribution in [0, 0.1) is 0 Å². The molecular formula is C18H21F3N6O3S. The number of halogens is 3. The van der Waals surface area contributed by atoms with Gasteiger partial charge in [-0.1, -0.05) is 30.3 Å².